The van der Waals surface area contributed by atoms with Gasteiger partial charge in [-0.1, -0.05) is 30.3 Å². The van der Waals surface area contributed by atoms with Crippen LogP contribution in [0.2, 0.25) is 0 Å². The molecule has 1 N–H and O–H groups in total. The van der Waals surface area contributed by atoms with Gasteiger partial charge in [-0.15, -0.1) is 11.3 Å². The number of thiophene rings is 1. The SMILES string of the molecule is OC(Cc1cccs1)c1cccc(C2CC2)c1. The van der Waals surface area contributed by atoms with Gasteiger partial charge in [0.2, 0.25) is 0 Å². The van der Waals surface area contributed by atoms with Gasteiger partial charge in [0.25, 0.3) is 0 Å². The normalized spacial score (nSPS) is 17.0. The van der Waals surface area contributed by atoms with E-state index in [2.05, 4.69) is 29.6 Å². The average molecular weight is 244 g/mol. The molecule has 0 aliphatic heterocycles. The quantitative estimate of drug-likeness (QED) is 0.864. The number of aliphatic hydroxyl groups is 1. The maximum Gasteiger partial charge on any atom is 0.0838 e. The van der Waals surface area contributed by atoms with Crippen LogP contribution in [-0.4, -0.2) is 5.11 Å². The van der Waals surface area contributed by atoms with Crippen molar-refractivity contribution in [2.45, 2.75) is 31.3 Å². The third kappa shape index (κ3) is 2.59. The lowest BCUT2D eigenvalue weighted by molar-refractivity contribution is 0.179. The zero-order chi connectivity index (χ0) is 11.7. The van der Waals surface area contributed by atoms with Gasteiger partial charge in [0.05, 0.1) is 6.10 Å². The van der Waals surface area contributed by atoms with Crippen molar-refractivity contribution in [3.8, 4) is 0 Å². The molecule has 0 bridgehead atoms. The molecule has 17 heavy (non-hydrogen) atoms. The Morgan fingerprint density at radius 3 is 2.82 bits per heavy atom. The molecule has 1 saturated carbocycles. The van der Waals surface area contributed by atoms with E-state index in [-0.39, 0.29) is 6.10 Å². The summed E-state index contributed by atoms with van der Waals surface area (Å²) in [6.07, 6.45) is 2.98. The summed E-state index contributed by atoms with van der Waals surface area (Å²) < 4.78 is 0. The molecule has 1 aromatic carbocycles. The van der Waals surface area contributed by atoms with E-state index in [9.17, 15) is 5.11 Å². The number of hydrogen-bond acceptors (Lipinski definition) is 2. The molecule has 88 valence electrons. The minimum Gasteiger partial charge on any atom is -0.388 e. The highest BCUT2D eigenvalue weighted by atomic mass is 32.1. The van der Waals surface area contributed by atoms with Crippen LogP contribution in [0, 0.1) is 0 Å². The predicted octanol–water partition coefficient (Wildman–Crippen LogP) is 3.90. The van der Waals surface area contributed by atoms with E-state index in [4.69, 9.17) is 0 Å². The van der Waals surface area contributed by atoms with Crippen LogP contribution in [0.25, 0.3) is 0 Å². The minimum atomic E-state index is -0.368. The fourth-order valence-corrected chi connectivity index (χ4v) is 2.92. The number of hydrogen-bond donors (Lipinski definition) is 1. The van der Waals surface area contributed by atoms with Crippen molar-refractivity contribution in [2.24, 2.45) is 0 Å². The highest BCUT2D eigenvalue weighted by Crippen LogP contribution is 2.40. The van der Waals surface area contributed by atoms with Crippen LogP contribution < -0.4 is 0 Å². The van der Waals surface area contributed by atoms with Crippen LogP contribution >= 0.6 is 11.3 Å². The van der Waals surface area contributed by atoms with Crippen LogP contribution in [0.3, 0.4) is 0 Å². The van der Waals surface area contributed by atoms with Crippen molar-refractivity contribution in [3.05, 3.63) is 57.8 Å². The first-order valence-electron chi connectivity index (χ1n) is 6.13. The third-order valence-corrected chi connectivity index (χ3v) is 4.22. The molecule has 3 rings (SSSR count). The Morgan fingerprint density at radius 2 is 2.12 bits per heavy atom. The van der Waals surface area contributed by atoms with Crippen LogP contribution in [0.4, 0.5) is 0 Å². The van der Waals surface area contributed by atoms with Crippen LogP contribution in [0.5, 0.6) is 0 Å². The van der Waals surface area contributed by atoms with Crippen molar-refractivity contribution >= 4 is 11.3 Å². The highest BCUT2D eigenvalue weighted by molar-refractivity contribution is 7.09. The molecular weight excluding hydrogens is 228 g/mol. The van der Waals surface area contributed by atoms with E-state index in [0.29, 0.717) is 0 Å². The summed E-state index contributed by atoms with van der Waals surface area (Å²) in [6.45, 7) is 0. The topological polar surface area (TPSA) is 20.2 Å². The third-order valence-electron chi connectivity index (χ3n) is 3.32. The largest absolute Gasteiger partial charge is 0.388 e. The Morgan fingerprint density at radius 1 is 1.24 bits per heavy atom. The number of benzene rings is 1. The van der Waals surface area contributed by atoms with Crippen LogP contribution in [-0.2, 0) is 6.42 Å². The van der Waals surface area contributed by atoms with Gasteiger partial charge in [-0.05, 0) is 41.3 Å². The van der Waals surface area contributed by atoms with Crippen molar-refractivity contribution in [3.63, 3.8) is 0 Å². The van der Waals surface area contributed by atoms with Crippen molar-refractivity contribution in [1.82, 2.24) is 0 Å². The van der Waals surface area contributed by atoms with E-state index >= 15 is 0 Å². The molecule has 0 spiro atoms. The van der Waals surface area contributed by atoms with Gasteiger partial charge in [-0.25, -0.2) is 0 Å². The second-order valence-electron chi connectivity index (χ2n) is 4.74. The molecule has 1 fully saturated rings. The molecule has 2 heteroatoms. The molecule has 1 aromatic heterocycles. The molecule has 1 atom stereocenters. The Hall–Kier alpha value is -1.12. The standard InChI is InChI=1S/C15H16OS/c16-15(10-14-5-2-8-17-14)13-4-1-3-12(9-13)11-6-7-11/h1-5,8-9,11,15-16H,6-7,10H2. The van der Waals surface area contributed by atoms with E-state index in [0.717, 1.165) is 17.9 Å². The number of rotatable bonds is 4. The summed E-state index contributed by atoms with van der Waals surface area (Å²) in [6, 6.07) is 12.6. The van der Waals surface area contributed by atoms with Crippen molar-refractivity contribution < 1.29 is 5.11 Å². The summed E-state index contributed by atoms with van der Waals surface area (Å²) in [5, 5.41) is 12.3. The first-order valence-corrected chi connectivity index (χ1v) is 7.01. The first kappa shape index (κ1) is 11.0. The molecule has 1 aliphatic carbocycles. The summed E-state index contributed by atoms with van der Waals surface area (Å²) in [5.41, 5.74) is 2.45. The fraction of sp³-hybridized carbons (Fsp3) is 0.333. The lowest BCUT2D eigenvalue weighted by Crippen LogP contribution is -2.01. The molecule has 1 nitrogen and oxygen atoms in total. The maximum absolute atomic E-state index is 10.2. The van der Waals surface area contributed by atoms with E-state index in [1.165, 1.54) is 23.3 Å². The van der Waals surface area contributed by atoms with E-state index in [1.54, 1.807) is 11.3 Å². The van der Waals surface area contributed by atoms with Crippen LogP contribution in [0.1, 0.15) is 40.9 Å². The monoisotopic (exact) mass is 244 g/mol. The maximum atomic E-state index is 10.2. The van der Waals surface area contributed by atoms with Gasteiger partial charge in [-0.2, -0.15) is 0 Å². The van der Waals surface area contributed by atoms with Crippen LogP contribution in [0.15, 0.2) is 41.8 Å². The molecule has 0 saturated heterocycles. The van der Waals surface area contributed by atoms with Gasteiger partial charge >= 0.3 is 0 Å². The van der Waals surface area contributed by atoms with Crippen molar-refractivity contribution in [1.29, 1.82) is 0 Å². The highest BCUT2D eigenvalue weighted by Gasteiger charge is 2.24. The first-order chi connectivity index (χ1) is 8.33. The predicted molar refractivity (Wildman–Crippen MR) is 71.4 cm³/mol. The summed E-state index contributed by atoms with van der Waals surface area (Å²) in [5.74, 6) is 0.754. The lowest BCUT2D eigenvalue weighted by Gasteiger charge is -2.11. The van der Waals surface area contributed by atoms with E-state index in [1.807, 2.05) is 12.1 Å². The Bertz CT molecular complexity index is 485. The summed E-state index contributed by atoms with van der Waals surface area (Å²) in [7, 11) is 0. The van der Waals surface area contributed by atoms with Crippen molar-refractivity contribution in [2.75, 3.05) is 0 Å². The second-order valence-corrected chi connectivity index (χ2v) is 5.78. The average Bonchev–Trinajstić information content (AvgIpc) is 3.09. The minimum absolute atomic E-state index is 0.368. The molecule has 2 aromatic rings. The smallest absolute Gasteiger partial charge is 0.0838 e. The summed E-state index contributed by atoms with van der Waals surface area (Å²) in [4.78, 5) is 1.24. The van der Waals surface area contributed by atoms with Gasteiger partial charge in [0.15, 0.2) is 0 Å². The Balaban J connectivity index is 1.76. The lowest BCUT2D eigenvalue weighted by atomic mass is 10.0. The Kier molecular flexibility index (Phi) is 3.00. The molecule has 1 aliphatic rings. The molecule has 1 unspecified atom stereocenters. The molecule has 0 amide bonds. The molecule has 0 radical (unpaired) electrons. The molecule has 1 heterocycles. The van der Waals surface area contributed by atoms with Gasteiger partial charge in [0.1, 0.15) is 0 Å². The zero-order valence-electron chi connectivity index (χ0n) is 9.67. The number of aliphatic hydroxyl groups excluding tert-OH is 1. The van der Waals surface area contributed by atoms with Gasteiger partial charge in [0, 0.05) is 11.3 Å². The second kappa shape index (κ2) is 4.63. The van der Waals surface area contributed by atoms with E-state index < -0.39 is 0 Å². The fourth-order valence-electron chi connectivity index (χ4n) is 2.17. The Labute approximate surface area is 106 Å². The van der Waals surface area contributed by atoms with Gasteiger partial charge < -0.3 is 5.11 Å². The molecular formula is C15H16OS. The summed E-state index contributed by atoms with van der Waals surface area (Å²) >= 11 is 1.71. The van der Waals surface area contributed by atoms with Gasteiger partial charge in [-0.3, -0.25) is 0 Å². The zero-order valence-corrected chi connectivity index (χ0v) is 10.5.